The van der Waals surface area contributed by atoms with Crippen molar-refractivity contribution in [3.05, 3.63) is 29.8 Å². The molecule has 0 unspecified atom stereocenters. The van der Waals surface area contributed by atoms with Gasteiger partial charge in [0.15, 0.2) is 6.61 Å². The molecule has 0 aromatic heterocycles. The van der Waals surface area contributed by atoms with Gasteiger partial charge in [-0.15, -0.1) is 11.8 Å². The van der Waals surface area contributed by atoms with E-state index in [2.05, 4.69) is 10.6 Å². The Morgan fingerprint density at radius 3 is 2.41 bits per heavy atom. The molecule has 2 N–H and O–H groups in total. The number of hydrogen-bond acceptors (Lipinski definition) is 5. The Bertz CT molecular complexity index is 531. The molecule has 0 saturated carbocycles. The van der Waals surface area contributed by atoms with Crippen LogP contribution in [0.15, 0.2) is 29.2 Å². The highest BCUT2D eigenvalue weighted by Gasteiger charge is 2.13. The van der Waals surface area contributed by atoms with E-state index in [4.69, 9.17) is 4.74 Å². The average molecular weight is 324 g/mol. The van der Waals surface area contributed by atoms with Crippen LogP contribution in [0.4, 0.5) is 4.79 Å². The van der Waals surface area contributed by atoms with Gasteiger partial charge in [-0.2, -0.15) is 0 Å². The number of rotatable bonds is 6. The Kier molecular flexibility index (Phi) is 7.45. The van der Waals surface area contributed by atoms with Crippen LogP contribution in [-0.4, -0.2) is 36.8 Å². The number of benzene rings is 1. The van der Waals surface area contributed by atoms with Gasteiger partial charge in [0, 0.05) is 10.9 Å². The van der Waals surface area contributed by atoms with E-state index in [0.717, 1.165) is 11.3 Å². The molecule has 0 spiro atoms. The lowest BCUT2D eigenvalue weighted by molar-refractivity contribution is -0.123. The van der Waals surface area contributed by atoms with Crippen molar-refractivity contribution in [3.63, 3.8) is 0 Å². The van der Waals surface area contributed by atoms with Crippen molar-refractivity contribution in [1.82, 2.24) is 10.6 Å². The van der Waals surface area contributed by atoms with Crippen LogP contribution in [0.2, 0.25) is 0 Å². The van der Waals surface area contributed by atoms with Crippen molar-refractivity contribution < 1.29 is 19.1 Å². The molecule has 120 valence electrons. The third kappa shape index (κ3) is 6.17. The van der Waals surface area contributed by atoms with Gasteiger partial charge in [-0.1, -0.05) is 6.92 Å². The summed E-state index contributed by atoms with van der Waals surface area (Å²) in [4.78, 5) is 35.7. The van der Waals surface area contributed by atoms with Crippen LogP contribution in [0.5, 0.6) is 0 Å². The zero-order valence-corrected chi connectivity index (χ0v) is 13.7. The van der Waals surface area contributed by atoms with Crippen LogP contribution in [-0.2, 0) is 9.53 Å². The summed E-state index contributed by atoms with van der Waals surface area (Å²) in [6, 6.07) is 6.20. The summed E-state index contributed by atoms with van der Waals surface area (Å²) in [5.74, 6) is -1.28. The van der Waals surface area contributed by atoms with Crippen LogP contribution in [0.3, 0.4) is 0 Å². The first-order chi connectivity index (χ1) is 10.5. The molecule has 1 aromatic carbocycles. The Morgan fingerprint density at radius 2 is 1.86 bits per heavy atom. The molecule has 0 aliphatic carbocycles. The summed E-state index contributed by atoms with van der Waals surface area (Å²) in [7, 11) is 0. The summed E-state index contributed by atoms with van der Waals surface area (Å²) in [5, 5.41) is 4.68. The predicted octanol–water partition coefficient (Wildman–Crippen LogP) is 2.19. The second-order valence-corrected chi connectivity index (χ2v) is 5.52. The predicted molar refractivity (Wildman–Crippen MR) is 84.9 cm³/mol. The number of thioether (sulfide) groups is 1. The van der Waals surface area contributed by atoms with Gasteiger partial charge in [0.25, 0.3) is 5.91 Å². The summed E-state index contributed by atoms with van der Waals surface area (Å²) < 4.78 is 4.86. The SMILES string of the molecule is CC[C@@H](C)NC(=O)NC(=O)COC(=O)c1ccc(SC)cc1. The minimum atomic E-state index is -0.671. The van der Waals surface area contributed by atoms with Gasteiger partial charge in [-0.25, -0.2) is 9.59 Å². The van der Waals surface area contributed by atoms with E-state index in [1.54, 1.807) is 36.0 Å². The van der Waals surface area contributed by atoms with Gasteiger partial charge >= 0.3 is 12.0 Å². The van der Waals surface area contributed by atoms with E-state index in [-0.39, 0.29) is 6.04 Å². The van der Waals surface area contributed by atoms with Crippen LogP contribution >= 0.6 is 11.8 Å². The Labute approximate surface area is 134 Å². The quantitative estimate of drug-likeness (QED) is 0.619. The van der Waals surface area contributed by atoms with Crippen molar-refractivity contribution in [2.45, 2.75) is 31.2 Å². The molecule has 0 bridgehead atoms. The number of carbonyl (C=O) groups excluding carboxylic acids is 3. The molecule has 0 radical (unpaired) electrons. The molecule has 1 atom stereocenters. The smallest absolute Gasteiger partial charge is 0.338 e. The maximum absolute atomic E-state index is 11.7. The Hall–Kier alpha value is -2.02. The molecule has 1 rings (SSSR count). The van der Waals surface area contributed by atoms with Crippen LogP contribution in [0.25, 0.3) is 0 Å². The minimum absolute atomic E-state index is 0.0368. The monoisotopic (exact) mass is 324 g/mol. The lowest BCUT2D eigenvalue weighted by Crippen LogP contribution is -2.44. The highest BCUT2D eigenvalue weighted by molar-refractivity contribution is 7.98. The van der Waals surface area contributed by atoms with Gasteiger partial charge in [-0.05, 0) is 43.9 Å². The molecule has 1 aromatic rings. The topological polar surface area (TPSA) is 84.5 Å². The largest absolute Gasteiger partial charge is 0.452 e. The fourth-order valence-electron chi connectivity index (χ4n) is 1.47. The number of urea groups is 1. The highest BCUT2D eigenvalue weighted by atomic mass is 32.2. The van der Waals surface area contributed by atoms with Gasteiger partial charge in [-0.3, -0.25) is 10.1 Å². The lowest BCUT2D eigenvalue weighted by atomic mass is 10.2. The molecule has 22 heavy (non-hydrogen) atoms. The molecule has 0 heterocycles. The number of carbonyl (C=O) groups is 3. The van der Waals surface area contributed by atoms with E-state index >= 15 is 0 Å². The number of hydrogen-bond donors (Lipinski definition) is 2. The van der Waals surface area contributed by atoms with E-state index < -0.39 is 24.5 Å². The van der Waals surface area contributed by atoms with E-state index in [0.29, 0.717) is 5.56 Å². The molecule has 0 aliphatic heterocycles. The third-order valence-electron chi connectivity index (χ3n) is 2.90. The van der Waals surface area contributed by atoms with E-state index in [1.807, 2.05) is 20.1 Å². The van der Waals surface area contributed by atoms with Crippen molar-refractivity contribution in [1.29, 1.82) is 0 Å². The van der Waals surface area contributed by atoms with Crippen molar-refractivity contribution in [2.75, 3.05) is 12.9 Å². The summed E-state index contributed by atoms with van der Waals surface area (Å²) >= 11 is 1.56. The molecule has 0 aliphatic rings. The fraction of sp³-hybridized carbons (Fsp3) is 0.400. The Morgan fingerprint density at radius 1 is 1.23 bits per heavy atom. The second kappa shape index (κ2) is 9.09. The Balaban J connectivity index is 2.39. The summed E-state index contributed by atoms with van der Waals surface area (Å²) in [5.41, 5.74) is 0.356. The summed E-state index contributed by atoms with van der Waals surface area (Å²) in [6.07, 6.45) is 2.69. The second-order valence-electron chi connectivity index (χ2n) is 4.64. The number of amides is 3. The first-order valence-electron chi connectivity index (χ1n) is 6.87. The number of imide groups is 1. The zero-order valence-electron chi connectivity index (χ0n) is 12.8. The van der Waals surface area contributed by atoms with Crippen molar-refractivity contribution >= 4 is 29.7 Å². The first kappa shape index (κ1) is 18.0. The van der Waals surface area contributed by atoms with E-state index in [9.17, 15) is 14.4 Å². The molecular weight excluding hydrogens is 304 g/mol. The number of ether oxygens (including phenoxy) is 1. The molecule has 6 nitrogen and oxygen atoms in total. The molecular formula is C15H20N2O4S. The van der Waals surface area contributed by atoms with Crippen LogP contribution < -0.4 is 10.6 Å². The molecule has 7 heteroatoms. The van der Waals surface area contributed by atoms with Crippen LogP contribution in [0.1, 0.15) is 30.6 Å². The highest BCUT2D eigenvalue weighted by Crippen LogP contribution is 2.15. The standard InChI is InChI=1S/C15H20N2O4S/c1-4-10(2)16-15(20)17-13(18)9-21-14(19)11-5-7-12(22-3)8-6-11/h5-8,10H,4,9H2,1-3H3,(H2,16,17,18,20)/t10-/m1/s1. The van der Waals surface area contributed by atoms with Gasteiger partial charge in [0.05, 0.1) is 5.56 Å². The maximum atomic E-state index is 11.7. The normalized spacial score (nSPS) is 11.4. The number of nitrogens with one attached hydrogen (secondary N) is 2. The lowest BCUT2D eigenvalue weighted by Gasteiger charge is -2.11. The van der Waals surface area contributed by atoms with Crippen LogP contribution in [0, 0.1) is 0 Å². The summed E-state index contributed by atoms with van der Waals surface area (Å²) in [6.45, 7) is 3.23. The van der Waals surface area contributed by atoms with Gasteiger partial charge in [0.2, 0.25) is 0 Å². The third-order valence-corrected chi connectivity index (χ3v) is 3.65. The van der Waals surface area contributed by atoms with Gasteiger partial charge < -0.3 is 10.1 Å². The van der Waals surface area contributed by atoms with Gasteiger partial charge in [0.1, 0.15) is 0 Å². The van der Waals surface area contributed by atoms with Crippen molar-refractivity contribution in [3.8, 4) is 0 Å². The first-order valence-corrected chi connectivity index (χ1v) is 8.10. The van der Waals surface area contributed by atoms with E-state index in [1.165, 1.54) is 0 Å². The molecule has 0 fully saturated rings. The molecule has 3 amide bonds. The zero-order chi connectivity index (χ0) is 16.5. The molecule has 0 saturated heterocycles. The fourth-order valence-corrected chi connectivity index (χ4v) is 1.87. The maximum Gasteiger partial charge on any atom is 0.338 e. The van der Waals surface area contributed by atoms with Crippen molar-refractivity contribution in [2.24, 2.45) is 0 Å². The minimum Gasteiger partial charge on any atom is -0.452 e. The number of esters is 1. The average Bonchev–Trinajstić information content (AvgIpc) is 2.52.